The number of halogens is 2. The van der Waals surface area contributed by atoms with E-state index in [1.54, 1.807) is 12.1 Å². The second-order valence-corrected chi connectivity index (χ2v) is 12.7. The van der Waals surface area contributed by atoms with E-state index in [0.29, 0.717) is 54.3 Å². The maximum absolute atomic E-state index is 16.9. The minimum atomic E-state index is -0.712. The SMILES string of the molecule is C#Cc1c(F)ccc2cc(N)nc(-c3nc4c5c(nc(OCC67CCCN6CCC7)nc5c3F)NCCNCC(C)CCC4)c12. The van der Waals surface area contributed by atoms with Gasteiger partial charge in [0.05, 0.1) is 22.2 Å². The van der Waals surface area contributed by atoms with E-state index >= 15 is 4.39 Å². The van der Waals surface area contributed by atoms with Crippen LogP contribution in [0.5, 0.6) is 6.01 Å². The fraction of sp³-hybridized carbons (Fsp3) is 0.471. The van der Waals surface area contributed by atoms with E-state index in [4.69, 9.17) is 26.9 Å². The first-order valence-electron chi connectivity index (χ1n) is 15.9. The van der Waals surface area contributed by atoms with E-state index in [1.165, 1.54) is 6.07 Å². The number of aromatic nitrogens is 4. The summed E-state index contributed by atoms with van der Waals surface area (Å²) in [5, 5.41) is 8.23. The Morgan fingerprint density at radius 3 is 2.69 bits per heavy atom. The van der Waals surface area contributed by atoms with Crippen LogP contribution in [0.3, 0.4) is 0 Å². The summed E-state index contributed by atoms with van der Waals surface area (Å²) in [6.45, 7) is 6.96. The Morgan fingerprint density at radius 1 is 1.07 bits per heavy atom. The highest BCUT2D eigenvalue weighted by Gasteiger charge is 2.45. The highest BCUT2D eigenvalue weighted by Crippen LogP contribution is 2.40. The number of fused-ring (bicyclic) bond motifs is 2. The first kappa shape index (κ1) is 29.6. The van der Waals surface area contributed by atoms with Gasteiger partial charge in [0.15, 0.2) is 5.82 Å². The van der Waals surface area contributed by atoms with Crippen LogP contribution in [0.15, 0.2) is 18.2 Å². The van der Waals surface area contributed by atoms with Crippen LogP contribution in [0.25, 0.3) is 33.1 Å². The van der Waals surface area contributed by atoms with Crippen molar-refractivity contribution >= 4 is 33.3 Å². The van der Waals surface area contributed by atoms with Crippen LogP contribution >= 0.6 is 0 Å². The number of nitrogen functional groups attached to an aromatic ring is 1. The lowest BCUT2D eigenvalue weighted by atomic mass is 9.95. The first-order valence-corrected chi connectivity index (χ1v) is 15.9. The molecule has 0 radical (unpaired) electrons. The largest absolute Gasteiger partial charge is 0.461 e. The zero-order valence-corrected chi connectivity index (χ0v) is 25.6. The van der Waals surface area contributed by atoms with Gasteiger partial charge in [0, 0.05) is 18.5 Å². The van der Waals surface area contributed by atoms with Gasteiger partial charge in [0.2, 0.25) is 0 Å². The molecule has 11 heteroatoms. The fourth-order valence-electron chi connectivity index (χ4n) is 7.41. The highest BCUT2D eigenvalue weighted by molar-refractivity contribution is 6.02. The predicted octanol–water partition coefficient (Wildman–Crippen LogP) is 5.06. The minimum Gasteiger partial charge on any atom is -0.461 e. The molecule has 0 saturated carbocycles. The number of rotatable bonds is 4. The van der Waals surface area contributed by atoms with Crippen LogP contribution in [-0.4, -0.2) is 69.7 Å². The second-order valence-electron chi connectivity index (χ2n) is 12.7. The van der Waals surface area contributed by atoms with Gasteiger partial charge in [-0.2, -0.15) is 9.97 Å². The van der Waals surface area contributed by atoms with Crippen LogP contribution < -0.4 is 21.1 Å². The van der Waals surface area contributed by atoms with Crippen molar-refractivity contribution in [3.05, 3.63) is 41.1 Å². The van der Waals surface area contributed by atoms with Crippen LogP contribution in [0.2, 0.25) is 0 Å². The van der Waals surface area contributed by atoms with E-state index in [-0.39, 0.29) is 45.2 Å². The Kier molecular flexibility index (Phi) is 7.88. The summed E-state index contributed by atoms with van der Waals surface area (Å²) >= 11 is 0. The minimum absolute atomic E-state index is 0.0210. The monoisotopic (exact) mass is 612 g/mol. The standard InChI is InChI=1S/C34H38F2N8O/c1-3-22-23(35)10-9-21-17-25(37)41-30(26(21)22)31-28(36)29-27-24(40-31)8-4-7-20(2)18-38-13-14-39-32(27)43-33(42-29)45-19-34-11-5-15-44(34)16-6-12-34/h1,9-10,17,20,38H,4-8,11-16,18-19H2,2H3,(H2,37,41)(H,39,42,43). The van der Waals surface area contributed by atoms with Gasteiger partial charge >= 0.3 is 6.01 Å². The van der Waals surface area contributed by atoms with E-state index in [1.807, 2.05) is 0 Å². The van der Waals surface area contributed by atoms with Gasteiger partial charge in [0.1, 0.15) is 41.0 Å². The van der Waals surface area contributed by atoms with Gasteiger partial charge in [0.25, 0.3) is 0 Å². The van der Waals surface area contributed by atoms with Crippen molar-refractivity contribution in [3.8, 4) is 29.7 Å². The van der Waals surface area contributed by atoms with Crippen LogP contribution in [0.4, 0.5) is 20.4 Å². The summed E-state index contributed by atoms with van der Waals surface area (Å²) in [5.74, 6) is 2.18. The third-order valence-electron chi connectivity index (χ3n) is 9.65. The summed E-state index contributed by atoms with van der Waals surface area (Å²) in [6.07, 6.45) is 12.5. The molecule has 2 saturated heterocycles. The van der Waals surface area contributed by atoms with Crippen LogP contribution in [0.1, 0.15) is 56.7 Å². The Balaban J connectivity index is 1.42. The number of ether oxygens (including phenoxy) is 1. The number of nitrogens with two attached hydrogens (primary N) is 1. The molecule has 3 aliphatic heterocycles. The number of nitrogens with zero attached hydrogens (tertiary/aromatic N) is 5. The van der Waals surface area contributed by atoms with Gasteiger partial charge < -0.3 is 21.1 Å². The van der Waals surface area contributed by atoms with Gasteiger partial charge in [-0.15, -0.1) is 6.42 Å². The number of hydrogen-bond acceptors (Lipinski definition) is 9. The average molecular weight is 613 g/mol. The molecule has 0 amide bonds. The molecule has 0 aliphatic carbocycles. The first-order chi connectivity index (χ1) is 21.9. The van der Waals surface area contributed by atoms with Crippen molar-refractivity contribution in [2.45, 2.75) is 57.4 Å². The maximum atomic E-state index is 16.9. The molecule has 4 N–H and O–H groups in total. The number of pyridine rings is 2. The molecule has 1 atom stereocenters. The number of terminal acetylenes is 1. The molecular formula is C34H38F2N8O. The quantitative estimate of drug-likeness (QED) is 0.272. The fourth-order valence-corrected chi connectivity index (χ4v) is 7.41. The van der Waals surface area contributed by atoms with E-state index in [2.05, 4.69) is 38.3 Å². The molecule has 45 heavy (non-hydrogen) atoms. The van der Waals surface area contributed by atoms with E-state index in [0.717, 1.165) is 58.2 Å². The Hall–Kier alpha value is -4.14. The van der Waals surface area contributed by atoms with E-state index < -0.39 is 11.6 Å². The molecule has 7 rings (SSSR count). The molecule has 0 spiro atoms. The van der Waals surface area contributed by atoms with Crippen LogP contribution in [0, 0.1) is 29.9 Å². The third-order valence-corrected chi connectivity index (χ3v) is 9.65. The van der Waals surface area contributed by atoms with Crippen molar-refractivity contribution in [3.63, 3.8) is 0 Å². The third kappa shape index (κ3) is 5.40. The van der Waals surface area contributed by atoms with Gasteiger partial charge in [-0.3, -0.25) is 4.90 Å². The lowest BCUT2D eigenvalue weighted by Gasteiger charge is -2.31. The zero-order chi connectivity index (χ0) is 31.1. The topological polar surface area (TPSA) is 114 Å². The smallest absolute Gasteiger partial charge is 0.319 e. The Morgan fingerprint density at radius 2 is 1.89 bits per heavy atom. The van der Waals surface area contributed by atoms with Crippen molar-refractivity contribution in [1.29, 1.82) is 0 Å². The molecular weight excluding hydrogens is 574 g/mol. The number of aryl methyl sites for hydroxylation is 1. The molecule has 3 aliphatic rings. The number of anilines is 2. The zero-order valence-electron chi connectivity index (χ0n) is 25.6. The van der Waals surface area contributed by atoms with Gasteiger partial charge in [-0.25, -0.2) is 18.7 Å². The summed E-state index contributed by atoms with van der Waals surface area (Å²) in [7, 11) is 0. The lowest BCUT2D eigenvalue weighted by molar-refractivity contribution is 0.108. The van der Waals surface area contributed by atoms with E-state index in [9.17, 15) is 4.39 Å². The Labute approximate surface area is 261 Å². The molecule has 4 aromatic rings. The number of hydrogen-bond donors (Lipinski definition) is 3. The molecule has 234 valence electrons. The summed E-state index contributed by atoms with van der Waals surface area (Å²) < 4.78 is 38.2. The second kappa shape index (κ2) is 12.0. The van der Waals surface area contributed by atoms with Gasteiger partial charge in [-0.1, -0.05) is 18.9 Å². The van der Waals surface area contributed by atoms with Gasteiger partial charge in [-0.05, 0) is 88.0 Å². The highest BCUT2D eigenvalue weighted by atomic mass is 19.1. The van der Waals surface area contributed by atoms with Crippen molar-refractivity contribution in [2.24, 2.45) is 5.92 Å². The van der Waals surface area contributed by atoms with Crippen molar-refractivity contribution in [1.82, 2.24) is 30.2 Å². The number of benzene rings is 1. The number of nitrogens with one attached hydrogen (secondary N) is 2. The molecule has 0 bridgehead atoms. The molecule has 1 unspecified atom stereocenters. The summed E-state index contributed by atoms with van der Waals surface area (Å²) in [6, 6.07) is 4.54. The summed E-state index contributed by atoms with van der Waals surface area (Å²) in [4.78, 5) is 21.3. The molecule has 1 aromatic carbocycles. The normalized spacial score (nSPS) is 20.3. The van der Waals surface area contributed by atoms with Crippen molar-refractivity contribution < 1.29 is 13.5 Å². The Bertz CT molecular complexity index is 1810. The maximum Gasteiger partial charge on any atom is 0.319 e. The molecule has 2 fully saturated rings. The average Bonchev–Trinajstić information content (AvgIpc) is 3.61. The lowest BCUT2D eigenvalue weighted by Crippen LogP contribution is -2.43. The molecule has 3 aromatic heterocycles. The van der Waals surface area contributed by atoms with Crippen LogP contribution in [-0.2, 0) is 6.42 Å². The van der Waals surface area contributed by atoms with Crippen molar-refractivity contribution in [2.75, 3.05) is 50.4 Å². The summed E-state index contributed by atoms with van der Waals surface area (Å²) in [5.41, 5.74) is 6.84. The molecule has 6 heterocycles. The molecule has 9 nitrogen and oxygen atoms in total. The predicted molar refractivity (Wildman–Crippen MR) is 172 cm³/mol.